The van der Waals surface area contributed by atoms with Crippen LogP contribution in [0.15, 0.2) is 40.6 Å². The van der Waals surface area contributed by atoms with Crippen LogP contribution in [-0.2, 0) is 16.4 Å². The lowest BCUT2D eigenvalue weighted by molar-refractivity contribution is 0.300. The lowest BCUT2D eigenvalue weighted by atomic mass is 10.2. The van der Waals surface area contributed by atoms with Crippen molar-refractivity contribution >= 4 is 27.0 Å². The molecule has 0 unspecified atom stereocenters. The molecule has 0 saturated carbocycles. The number of sulfonamides is 1. The Kier molecular flexibility index (Phi) is 4.24. The Morgan fingerprint density at radius 1 is 1.21 bits per heavy atom. The summed E-state index contributed by atoms with van der Waals surface area (Å²) in [5.41, 5.74) is 1.46. The van der Waals surface area contributed by atoms with Crippen LogP contribution < -0.4 is 4.72 Å². The molecule has 1 heterocycles. The zero-order chi connectivity index (χ0) is 13.9. The lowest BCUT2D eigenvalue weighted by Gasteiger charge is -2.08. The van der Waals surface area contributed by atoms with Crippen LogP contribution in [-0.4, -0.2) is 20.1 Å². The maximum absolute atomic E-state index is 12.2. The number of nitrogens with one attached hydrogen (secondary N) is 1. The smallest absolute Gasteiger partial charge is 0.271 e. The third-order valence-corrected chi connectivity index (χ3v) is 5.65. The second-order valence-electron chi connectivity index (χ2n) is 4.11. The first-order valence-corrected chi connectivity index (χ1v) is 8.11. The Morgan fingerprint density at radius 3 is 2.63 bits per heavy atom. The number of anilines is 1. The van der Waals surface area contributed by atoms with Gasteiger partial charge in [0.15, 0.2) is 0 Å². The maximum Gasteiger partial charge on any atom is 0.271 e. The number of rotatable bonds is 5. The summed E-state index contributed by atoms with van der Waals surface area (Å²) in [6.45, 7) is 1.87. The molecule has 102 valence electrons. The number of thiophene rings is 1. The van der Waals surface area contributed by atoms with Crippen molar-refractivity contribution in [1.29, 1.82) is 0 Å². The van der Waals surface area contributed by atoms with Crippen molar-refractivity contribution in [1.82, 2.24) is 0 Å². The van der Waals surface area contributed by atoms with Crippen LogP contribution in [0.3, 0.4) is 0 Å². The van der Waals surface area contributed by atoms with Crippen molar-refractivity contribution in [2.75, 3.05) is 11.3 Å². The van der Waals surface area contributed by atoms with Gasteiger partial charge in [0, 0.05) is 17.9 Å². The van der Waals surface area contributed by atoms with Gasteiger partial charge in [-0.25, -0.2) is 8.42 Å². The molecule has 1 aromatic carbocycles. The average molecular weight is 297 g/mol. The Hall–Kier alpha value is -1.37. The number of aryl methyl sites for hydroxylation is 1. The maximum atomic E-state index is 12.2. The van der Waals surface area contributed by atoms with Gasteiger partial charge in [0.05, 0.1) is 5.69 Å². The van der Waals surface area contributed by atoms with Gasteiger partial charge in [0.1, 0.15) is 4.21 Å². The van der Waals surface area contributed by atoms with E-state index in [2.05, 4.69) is 4.72 Å². The van der Waals surface area contributed by atoms with E-state index in [-0.39, 0.29) is 10.8 Å². The highest BCUT2D eigenvalue weighted by molar-refractivity contribution is 7.94. The molecule has 2 N–H and O–H groups in total. The fourth-order valence-electron chi connectivity index (χ4n) is 1.63. The molecule has 0 bridgehead atoms. The molecule has 1 aromatic heterocycles. The summed E-state index contributed by atoms with van der Waals surface area (Å²) in [4.78, 5) is 0.854. The quantitative estimate of drug-likeness (QED) is 0.890. The van der Waals surface area contributed by atoms with Crippen LogP contribution in [0, 0.1) is 6.92 Å². The summed E-state index contributed by atoms with van der Waals surface area (Å²) < 4.78 is 27.3. The Labute approximate surface area is 116 Å². The molecule has 2 rings (SSSR count). The van der Waals surface area contributed by atoms with Crippen LogP contribution in [0.5, 0.6) is 0 Å². The number of hydrogen-bond acceptors (Lipinski definition) is 4. The van der Waals surface area contributed by atoms with Gasteiger partial charge in [-0.15, -0.1) is 11.3 Å². The Bertz CT molecular complexity index is 662. The monoisotopic (exact) mass is 297 g/mol. The molecular weight excluding hydrogens is 282 g/mol. The third-order valence-electron chi connectivity index (χ3n) is 2.65. The molecule has 0 aliphatic carbocycles. The number of benzene rings is 1. The molecule has 2 aromatic rings. The molecule has 0 saturated heterocycles. The second-order valence-corrected chi connectivity index (χ2v) is 7.19. The number of aliphatic hydroxyl groups excluding tert-OH is 1. The van der Waals surface area contributed by atoms with Gasteiger partial charge in [-0.05, 0) is 30.7 Å². The minimum atomic E-state index is -3.55. The number of para-hydroxylation sites is 1. The fourth-order valence-corrected chi connectivity index (χ4v) is 4.10. The molecule has 0 aliphatic rings. The van der Waals surface area contributed by atoms with E-state index in [1.807, 2.05) is 19.1 Å². The van der Waals surface area contributed by atoms with Gasteiger partial charge in [-0.2, -0.15) is 0 Å². The molecule has 6 heteroatoms. The highest BCUT2D eigenvalue weighted by Crippen LogP contribution is 2.25. The van der Waals surface area contributed by atoms with Gasteiger partial charge in [-0.3, -0.25) is 4.72 Å². The van der Waals surface area contributed by atoms with E-state index in [1.54, 1.807) is 24.3 Å². The first kappa shape index (κ1) is 14.0. The van der Waals surface area contributed by atoms with E-state index in [1.165, 1.54) is 11.3 Å². The fraction of sp³-hybridized carbons (Fsp3) is 0.231. The van der Waals surface area contributed by atoms with Gasteiger partial charge in [0.25, 0.3) is 10.0 Å². The Morgan fingerprint density at radius 2 is 1.95 bits per heavy atom. The highest BCUT2D eigenvalue weighted by Gasteiger charge is 2.17. The van der Waals surface area contributed by atoms with E-state index in [0.29, 0.717) is 12.1 Å². The van der Waals surface area contributed by atoms with E-state index in [4.69, 9.17) is 5.11 Å². The first-order chi connectivity index (χ1) is 9.03. The van der Waals surface area contributed by atoms with Gasteiger partial charge in [-0.1, -0.05) is 18.2 Å². The first-order valence-electron chi connectivity index (χ1n) is 5.81. The van der Waals surface area contributed by atoms with Crippen LogP contribution in [0.1, 0.15) is 10.4 Å². The number of aliphatic hydroxyl groups is 1. The minimum absolute atomic E-state index is 0.0191. The van der Waals surface area contributed by atoms with Gasteiger partial charge >= 0.3 is 0 Å². The molecular formula is C13H15NO3S2. The molecule has 0 amide bonds. The number of hydrogen-bond donors (Lipinski definition) is 2. The standard InChI is InChI=1S/C13H15NO3S2/c1-10-4-2-3-5-12(10)14-19(16,17)13-7-6-11(18-13)8-9-15/h2-7,14-15H,8-9H2,1H3. The van der Waals surface area contributed by atoms with Crippen LogP contribution in [0.25, 0.3) is 0 Å². The van der Waals surface area contributed by atoms with Crippen molar-refractivity contribution < 1.29 is 13.5 Å². The molecule has 0 spiro atoms. The molecule has 0 atom stereocenters. The van der Waals surface area contributed by atoms with E-state index in [9.17, 15) is 8.42 Å². The largest absolute Gasteiger partial charge is 0.396 e. The SMILES string of the molecule is Cc1ccccc1NS(=O)(=O)c1ccc(CCO)s1. The van der Waals surface area contributed by atoms with Gasteiger partial charge in [0.2, 0.25) is 0 Å². The average Bonchev–Trinajstić information content (AvgIpc) is 2.82. The topological polar surface area (TPSA) is 66.4 Å². The lowest BCUT2D eigenvalue weighted by Crippen LogP contribution is -2.12. The van der Waals surface area contributed by atoms with Crippen molar-refractivity contribution in [3.8, 4) is 0 Å². The summed E-state index contributed by atoms with van der Waals surface area (Å²) in [6.07, 6.45) is 0.477. The van der Waals surface area contributed by atoms with E-state index in [0.717, 1.165) is 10.4 Å². The summed E-state index contributed by atoms with van der Waals surface area (Å²) in [6, 6.07) is 10.5. The third kappa shape index (κ3) is 3.34. The molecule has 0 radical (unpaired) electrons. The van der Waals surface area contributed by atoms with Crippen LogP contribution in [0.2, 0.25) is 0 Å². The molecule has 4 nitrogen and oxygen atoms in total. The second kappa shape index (κ2) is 5.73. The van der Waals surface area contributed by atoms with Crippen molar-refractivity contribution in [3.63, 3.8) is 0 Å². The molecule has 0 fully saturated rings. The predicted molar refractivity (Wildman–Crippen MR) is 77.1 cm³/mol. The normalized spacial score (nSPS) is 11.5. The van der Waals surface area contributed by atoms with E-state index < -0.39 is 10.0 Å². The summed E-state index contributed by atoms with van der Waals surface area (Å²) in [7, 11) is -3.55. The van der Waals surface area contributed by atoms with Crippen molar-refractivity contribution in [2.24, 2.45) is 0 Å². The van der Waals surface area contributed by atoms with E-state index >= 15 is 0 Å². The predicted octanol–water partition coefficient (Wildman–Crippen LogP) is 2.39. The highest BCUT2D eigenvalue weighted by atomic mass is 32.2. The summed E-state index contributed by atoms with van der Waals surface area (Å²) in [5, 5.41) is 8.84. The molecule has 0 aliphatic heterocycles. The van der Waals surface area contributed by atoms with Crippen molar-refractivity contribution in [3.05, 3.63) is 46.8 Å². The zero-order valence-corrected chi connectivity index (χ0v) is 12.1. The summed E-state index contributed by atoms with van der Waals surface area (Å²) >= 11 is 1.18. The van der Waals surface area contributed by atoms with Gasteiger partial charge < -0.3 is 5.11 Å². The summed E-state index contributed by atoms with van der Waals surface area (Å²) in [5.74, 6) is 0. The minimum Gasteiger partial charge on any atom is -0.396 e. The van der Waals surface area contributed by atoms with Crippen LogP contribution >= 0.6 is 11.3 Å². The molecule has 19 heavy (non-hydrogen) atoms. The zero-order valence-electron chi connectivity index (χ0n) is 10.5. The Balaban J connectivity index is 2.25. The van der Waals surface area contributed by atoms with Crippen molar-refractivity contribution in [2.45, 2.75) is 17.6 Å². The van der Waals surface area contributed by atoms with Crippen LogP contribution in [0.4, 0.5) is 5.69 Å².